The summed E-state index contributed by atoms with van der Waals surface area (Å²) in [4.78, 5) is 8.01. The fourth-order valence-corrected chi connectivity index (χ4v) is 1.90. The Morgan fingerprint density at radius 1 is 1.37 bits per heavy atom. The zero-order valence-electron chi connectivity index (χ0n) is 10.3. The van der Waals surface area contributed by atoms with Gasteiger partial charge in [-0.25, -0.2) is 14.4 Å². The number of ether oxygens (including phenoxy) is 1. The van der Waals surface area contributed by atoms with Gasteiger partial charge in [0.05, 0.1) is 23.9 Å². The van der Waals surface area contributed by atoms with Crippen molar-refractivity contribution in [3.63, 3.8) is 0 Å². The Morgan fingerprint density at radius 3 is 2.84 bits per heavy atom. The molecule has 0 bridgehead atoms. The first-order valence-corrected chi connectivity index (χ1v) is 6.03. The second-order valence-corrected chi connectivity index (χ2v) is 4.45. The van der Waals surface area contributed by atoms with Crippen LogP contribution < -0.4 is 10.5 Å². The minimum atomic E-state index is -0.442. The quantitative estimate of drug-likeness (QED) is 0.935. The molecule has 0 aliphatic rings. The summed E-state index contributed by atoms with van der Waals surface area (Å²) in [5.41, 5.74) is 7.56. The van der Waals surface area contributed by atoms with E-state index in [-0.39, 0.29) is 11.1 Å². The Morgan fingerprint density at radius 2 is 2.16 bits per heavy atom. The monoisotopic (exact) mass is 281 g/mol. The van der Waals surface area contributed by atoms with Crippen LogP contribution in [-0.2, 0) is 6.42 Å². The SMILES string of the molecule is COc1cc(C(N)Cc2ccc(F)c(Cl)c2)ncn1. The van der Waals surface area contributed by atoms with E-state index in [1.165, 1.54) is 19.5 Å². The lowest BCUT2D eigenvalue weighted by atomic mass is 10.0. The molecule has 0 saturated heterocycles. The average Bonchev–Trinajstić information content (AvgIpc) is 2.43. The Hall–Kier alpha value is -1.72. The third kappa shape index (κ3) is 3.39. The van der Waals surface area contributed by atoms with E-state index in [9.17, 15) is 4.39 Å². The fourth-order valence-electron chi connectivity index (χ4n) is 1.69. The Balaban J connectivity index is 2.15. The molecule has 4 nitrogen and oxygen atoms in total. The van der Waals surface area contributed by atoms with Crippen molar-refractivity contribution in [2.75, 3.05) is 7.11 Å². The van der Waals surface area contributed by atoms with Gasteiger partial charge in [0.25, 0.3) is 0 Å². The number of nitrogens with zero attached hydrogens (tertiary/aromatic N) is 2. The zero-order valence-corrected chi connectivity index (χ0v) is 11.1. The van der Waals surface area contributed by atoms with Crippen LogP contribution in [0.4, 0.5) is 4.39 Å². The van der Waals surface area contributed by atoms with Crippen molar-refractivity contribution >= 4 is 11.6 Å². The van der Waals surface area contributed by atoms with Crippen molar-refractivity contribution in [2.45, 2.75) is 12.5 Å². The molecular formula is C13H13ClFN3O. The van der Waals surface area contributed by atoms with Crippen molar-refractivity contribution < 1.29 is 9.13 Å². The molecule has 2 N–H and O–H groups in total. The molecule has 0 fully saturated rings. The highest BCUT2D eigenvalue weighted by Gasteiger charge is 2.11. The maximum atomic E-state index is 13.1. The molecular weight excluding hydrogens is 269 g/mol. The summed E-state index contributed by atoms with van der Waals surface area (Å²) in [5.74, 6) is 0.0141. The van der Waals surface area contributed by atoms with Gasteiger partial charge in [0.1, 0.15) is 12.1 Å². The maximum Gasteiger partial charge on any atom is 0.216 e. The number of methoxy groups -OCH3 is 1. The molecule has 2 rings (SSSR count). The summed E-state index contributed by atoms with van der Waals surface area (Å²) >= 11 is 5.73. The van der Waals surface area contributed by atoms with Gasteiger partial charge in [0.15, 0.2) is 0 Å². The fraction of sp³-hybridized carbons (Fsp3) is 0.231. The minimum absolute atomic E-state index is 0.0879. The third-order valence-electron chi connectivity index (χ3n) is 2.69. The van der Waals surface area contributed by atoms with Crippen LogP contribution >= 0.6 is 11.6 Å². The van der Waals surface area contributed by atoms with Gasteiger partial charge in [-0.15, -0.1) is 0 Å². The van der Waals surface area contributed by atoms with Gasteiger partial charge >= 0.3 is 0 Å². The van der Waals surface area contributed by atoms with Crippen molar-refractivity contribution in [1.82, 2.24) is 9.97 Å². The van der Waals surface area contributed by atoms with E-state index >= 15 is 0 Å². The van der Waals surface area contributed by atoms with E-state index in [4.69, 9.17) is 22.1 Å². The zero-order chi connectivity index (χ0) is 13.8. The van der Waals surface area contributed by atoms with E-state index in [2.05, 4.69) is 9.97 Å². The molecule has 0 saturated carbocycles. The topological polar surface area (TPSA) is 61.0 Å². The summed E-state index contributed by atoms with van der Waals surface area (Å²) in [6.07, 6.45) is 1.89. The molecule has 19 heavy (non-hydrogen) atoms. The van der Waals surface area contributed by atoms with Crippen LogP contribution in [0.15, 0.2) is 30.6 Å². The second kappa shape index (κ2) is 5.95. The first-order valence-electron chi connectivity index (χ1n) is 5.65. The molecule has 0 aliphatic carbocycles. The van der Waals surface area contributed by atoms with Gasteiger partial charge in [0.2, 0.25) is 5.88 Å². The Bertz CT molecular complexity index is 580. The van der Waals surface area contributed by atoms with Gasteiger partial charge < -0.3 is 10.5 Å². The molecule has 0 radical (unpaired) electrons. The molecule has 1 heterocycles. The van der Waals surface area contributed by atoms with E-state index in [0.29, 0.717) is 18.0 Å². The molecule has 1 unspecified atom stereocenters. The van der Waals surface area contributed by atoms with Crippen LogP contribution in [-0.4, -0.2) is 17.1 Å². The summed E-state index contributed by atoms with van der Waals surface area (Å²) in [6.45, 7) is 0. The smallest absolute Gasteiger partial charge is 0.216 e. The van der Waals surface area contributed by atoms with Crippen molar-refractivity contribution in [2.24, 2.45) is 5.73 Å². The number of aromatic nitrogens is 2. The maximum absolute atomic E-state index is 13.1. The summed E-state index contributed by atoms with van der Waals surface area (Å²) in [7, 11) is 1.53. The van der Waals surface area contributed by atoms with Gasteiger partial charge in [-0.2, -0.15) is 0 Å². The number of halogens is 2. The van der Waals surface area contributed by atoms with Gasteiger partial charge in [-0.3, -0.25) is 0 Å². The van der Waals surface area contributed by atoms with Crippen LogP contribution in [0.25, 0.3) is 0 Å². The van der Waals surface area contributed by atoms with E-state index < -0.39 is 5.82 Å². The van der Waals surface area contributed by atoms with Crippen LogP contribution in [0.2, 0.25) is 5.02 Å². The molecule has 1 aromatic heterocycles. The summed E-state index contributed by atoms with van der Waals surface area (Å²) in [5, 5.41) is 0.0879. The van der Waals surface area contributed by atoms with Gasteiger partial charge in [-0.1, -0.05) is 17.7 Å². The van der Waals surface area contributed by atoms with Crippen molar-refractivity contribution in [3.8, 4) is 5.88 Å². The number of benzene rings is 1. The first kappa shape index (κ1) is 13.7. The summed E-state index contributed by atoms with van der Waals surface area (Å²) in [6, 6.07) is 5.88. The van der Waals surface area contributed by atoms with E-state index in [0.717, 1.165) is 5.56 Å². The molecule has 1 aromatic carbocycles. The minimum Gasteiger partial charge on any atom is -0.481 e. The lowest BCUT2D eigenvalue weighted by Crippen LogP contribution is -2.15. The summed E-state index contributed by atoms with van der Waals surface area (Å²) < 4.78 is 18.1. The third-order valence-corrected chi connectivity index (χ3v) is 2.98. The largest absolute Gasteiger partial charge is 0.481 e. The van der Waals surface area contributed by atoms with Crippen LogP contribution in [0.3, 0.4) is 0 Å². The average molecular weight is 282 g/mol. The van der Waals surface area contributed by atoms with Crippen molar-refractivity contribution in [3.05, 3.63) is 52.7 Å². The van der Waals surface area contributed by atoms with Crippen molar-refractivity contribution in [1.29, 1.82) is 0 Å². The standard InChI is InChI=1S/C13H13ClFN3O/c1-19-13-6-12(17-7-18-13)11(16)5-8-2-3-10(15)9(14)4-8/h2-4,6-7,11H,5,16H2,1H3. The number of nitrogens with two attached hydrogens (primary N) is 1. The molecule has 1 atom stereocenters. The lowest BCUT2D eigenvalue weighted by Gasteiger charge is -2.12. The van der Waals surface area contributed by atoms with Crippen LogP contribution in [0.1, 0.15) is 17.3 Å². The van der Waals surface area contributed by atoms with Crippen LogP contribution in [0.5, 0.6) is 5.88 Å². The van der Waals surface area contributed by atoms with E-state index in [1.807, 2.05) is 0 Å². The Kier molecular flexibility index (Phi) is 4.29. The molecule has 100 valence electrons. The second-order valence-electron chi connectivity index (χ2n) is 4.04. The first-order chi connectivity index (χ1) is 9.10. The van der Waals surface area contributed by atoms with Gasteiger partial charge in [-0.05, 0) is 24.1 Å². The molecule has 0 aliphatic heterocycles. The Labute approximate surface area is 115 Å². The number of hydrogen-bond donors (Lipinski definition) is 1. The molecule has 0 amide bonds. The number of hydrogen-bond acceptors (Lipinski definition) is 4. The highest BCUT2D eigenvalue weighted by Crippen LogP contribution is 2.21. The predicted molar refractivity (Wildman–Crippen MR) is 70.6 cm³/mol. The van der Waals surface area contributed by atoms with Crippen LogP contribution in [0, 0.1) is 5.82 Å². The predicted octanol–water partition coefficient (Wildman–Crippen LogP) is 2.52. The molecule has 6 heteroatoms. The molecule has 2 aromatic rings. The number of rotatable bonds is 4. The molecule has 0 spiro atoms. The van der Waals surface area contributed by atoms with E-state index in [1.54, 1.807) is 18.2 Å². The normalized spacial score (nSPS) is 12.2. The highest BCUT2D eigenvalue weighted by molar-refractivity contribution is 6.30. The highest BCUT2D eigenvalue weighted by atomic mass is 35.5. The van der Waals surface area contributed by atoms with Gasteiger partial charge in [0, 0.05) is 6.07 Å². The lowest BCUT2D eigenvalue weighted by molar-refractivity contribution is 0.395.